The first-order chi connectivity index (χ1) is 9.36. The third kappa shape index (κ3) is 3.92. The number of halogens is 5. The Bertz CT molecular complexity index is 628. The molecule has 0 N–H and O–H groups in total. The summed E-state index contributed by atoms with van der Waals surface area (Å²) in [7, 11) is 0. The molecule has 2 rings (SSSR count). The second kappa shape index (κ2) is 6.09. The second-order valence-electron chi connectivity index (χ2n) is 3.79. The first-order valence-corrected chi connectivity index (χ1v) is 7.28. The highest BCUT2D eigenvalue weighted by Gasteiger charge is 2.30. The highest BCUT2D eigenvalue weighted by Crippen LogP contribution is 2.35. The van der Waals surface area contributed by atoms with Crippen molar-refractivity contribution in [3.05, 3.63) is 35.9 Å². The number of benzene rings is 1. The molecule has 0 aliphatic heterocycles. The fourth-order valence-corrected chi connectivity index (χ4v) is 3.46. The van der Waals surface area contributed by atoms with E-state index in [4.69, 9.17) is 0 Å². The predicted molar refractivity (Wildman–Crippen MR) is 70.3 cm³/mol. The molecule has 0 fully saturated rings. The summed E-state index contributed by atoms with van der Waals surface area (Å²) in [6.07, 6.45) is -5.13. The van der Waals surface area contributed by atoms with Crippen LogP contribution in [0.4, 0.5) is 22.0 Å². The van der Waals surface area contributed by atoms with E-state index in [2.05, 4.69) is 4.98 Å². The number of fused-ring (bicyclic) bond motifs is 1. The van der Waals surface area contributed by atoms with Gasteiger partial charge in [0.2, 0.25) is 0 Å². The third-order valence-electron chi connectivity index (χ3n) is 2.34. The number of thiazole rings is 1. The molecule has 0 amide bonds. The van der Waals surface area contributed by atoms with Gasteiger partial charge in [-0.25, -0.2) is 4.98 Å². The van der Waals surface area contributed by atoms with Crippen LogP contribution < -0.4 is 0 Å². The van der Waals surface area contributed by atoms with Crippen LogP contribution in [0.3, 0.4) is 0 Å². The molecule has 1 aromatic carbocycles. The number of hydrogen-bond donors (Lipinski definition) is 0. The monoisotopic (exact) mass is 325 g/mol. The first-order valence-electron chi connectivity index (χ1n) is 5.48. The lowest BCUT2D eigenvalue weighted by Crippen LogP contribution is -2.03. The molecule has 108 valence electrons. The van der Waals surface area contributed by atoms with Crippen LogP contribution >= 0.6 is 23.1 Å². The van der Waals surface area contributed by atoms with Crippen molar-refractivity contribution in [1.29, 1.82) is 0 Å². The maximum atomic E-state index is 12.5. The van der Waals surface area contributed by atoms with E-state index in [1.54, 1.807) is 0 Å². The summed E-state index contributed by atoms with van der Waals surface area (Å²) >= 11 is 2.50. The molecule has 1 aromatic heterocycles. The zero-order chi connectivity index (χ0) is 14.8. The number of thioether (sulfide) groups is 1. The average molecular weight is 325 g/mol. The largest absolute Gasteiger partial charge is 0.416 e. The van der Waals surface area contributed by atoms with E-state index in [0.717, 1.165) is 18.2 Å². The summed E-state index contributed by atoms with van der Waals surface area (Å²) < 4.78 is 62.5. The van der Waals surface area contributed by atoms with Crippen LogP contribution in [0.2, 0.25) is 0 Å². The minimum Gasteiger partial charge on any atom is -0.230 e. The molecule has 20 heavy (non-hydrogen) atoms. The molecular weight excluding hydrogens is 317 g/mol. The Labute approximate surface area is 119 Å². The van der Waals surface area contributed by atoms with Gasteiger partial charge in [0.05, 0.1) is 15.8 Å². The molecule has 2 aromatic rings. The lowest BCUT2D eigenvalue weighted by Gasteiger charge is -2.04. The van der Waals surface area contributed by atoms with Gasteiger partial charge in [0, 0.05) is 5.75 Å². The van der Waals surface area contributed by atoms with E-state index in [1.165, 1.54) is 29.2 Å². The van der Waals surface area contributed by atoms with Crippen LogP contribution in [0.1, 0.15) is 12.0 Å². The van der Waals surface area contributed by atoms with Crippen molar-refractivity contribution in [2.45, 2.75) is 16.9 Å². The molecule has 0 bridgehead atoms. The Morgan fingerprint density at radius 3 is 2.70 bits per heavy atom. The van der Waals surface area contributed by atoms with Crippen molar-refractivity contribution < 1.29 is 22.0 Å². The maximum absolute atomic E-state index is 12.5. The molecule has 0 aliphatic carbocycles. The number of nitrogens with zero attached hydrogens (tertiary/aromatic N) is 1. The molecule has 1 heterocycles. The van der Waals surface area contributed by atoms with E-state index >= 15 is 0 Å². The van der Waals surface area contributed by atoms with Gasteiger partial charge in [-0.15, -0.1) is 11.3 Å². The minimum atomic E-state index is -4.39. The van der Waals surface area contributed by atoms with Gasteiger partial charge in [0.1, 0.15) is 0 Å². The first kappa shape index (κ1) is 15.2. The molecule has 0 unspecified atom stereocenters. The number of allylic oxidation sites excluding steroid dienone is 1. The predicted octanol–water partition coefficient (Wildman–Crippen LogP) is 5.58. The van der Waals surface area contributed by atoms with Crippen LogP contribution in [0.15, 0.2) is 34.7 Å². The van der Waals surface area contributed by atoms with Crippen molar-refractivity contribution >= 4 is 33.3 Å². The molecular formula is C12H8F5NS2. The van der Waals surface area contributed by atoms with Crippen LogP contribution in [0.5, 0.6) is 0 Å². The Kier molecular flexibility index (Phi) is 4.64. The van der Waals surface area contributed by atoms with Crippen LogP contribution in [-0.2, 0) is 6.18 Å². The van der Waals surface area contributed by atoms with Gasteiger partial charge in [-0.2, -0.15) is 22.0 Å². The Balaban J connectivity index is 2.11. The maximum Gasteiger partial charge on any atom is 0.416 e. The standard InChI is InChI=1S/C12H8F5NS2/c13-10(14)2-1-5-19-11-18-8-6-7(12(15,16)17)3-4-9(8)20-11/h2-4,6H,1,5H2. The zero-order valence-electron chi connectivity index (χ0n) is 9.88. The fraction of sp³-hybridized carbons (Fsp3) is 0.250. The quantitative estimate of drug-likeness (QED) is 0.413. The Hall–Kier alpha value is -1.15. The molecule has 0 aliphatic rings. The number of aromatic nitrogens is 1. The minimum absolute atomic E-state index is 0.191. The lowest BCUT2D eigenvalue weighted by atomic mass is 10.2. The topological polar surface area (TPSA) is 12.9 Å². The fourth-order valence-electron chi connectivity index (χ4n) is 1.46. The molecule has 0 atom stereocenters. The van der Waals surface area contributed by atoms with Gasteiger partial charge in [-0.05, 0) is 30.7 Å². The number of rotatable bonds is 4. The van der Waals surface area contributed by atoms with E-state index in [0.29, 0.717) is 14.8 Å². The molecule has 1 nitrogen and oxygen atoms in total. The average Bonchev–Trinajstić information content (AvgIpc) is 2.74. The number of alkyl halides is 3. The van der Waals surface area contributed by atoms with Crippen molar-refractivity contribution in [3.8, 4) is 0 Å². The van der Waals surface area contributed by atoms with Crippen LogP contribution in [0, 0.1) is 0 Å². The van der Waals surface area contributed by atoms with E-state index < -0.39 is 17.8 Å². The second-order valence-corrected chi connectivity index (χ2v) is 6.16. The van der Waals surface area contributed by atoms with Crippen molar-refractivity contribution in [2.24, 2.45) is 0 Å². The third-order valence-corrected chi connectivity index (χ3v) is 4.55. The molecule has 0 saturated heterocycles. The molecule has 0 spiro atoms. The van der Waals surface area contributed by atoms with Gasteiger partial charge >= 0.3 is 6.18 Å². The zero-order valence-corrected chi connectivity index (χ0v) is 11.5. The van der Waals surface area contributed by atoms with E-state index in [1.807, 2.05) is 0 Å². The molecule has 8 heteroatoms. The normalized spacial score (nSPS) is 11.8. The van der Waals surface area contributed by atoms with Gasteiger partial charge in [0.25, 0.3) is 6.08 Å². The van der Waals surface area contributed by atoms with Gasteiger partial charge < -0.3 is 0 Å². The SMILES string of the molecule is FC(F)=CCCSc1nc2cc(C(F)(F)F)ccc2s1. The highest BCUT2D eigenvalue weighted by atomic mass is 32.2. The van der Waals surface area contributed by atoms with Gasteiger partial charge in [-0.1, -0.05) is 11.8 Å². The Morgan fingerprint density at radius 2 is 2.05 bits per heavy atom. The molecule has 0 radical (unpaired) electrons. The lowest BCUT2D eigenvalue weighted by molar-refractivity contribution is -0.137. The van der Waals surface area contributed by atoms with Crippen LogP contribution in [-0.4, -0.2) is 10.7 Å². The van der Waals surface area contributed by atoms with Crippen molar-refractivity contribution in [2.75, 3.05) is 5.75 Å². The van der Waals surface area contributed by atoms with E-state index in [-0.39, 0.29) is 11.9 Å². The van der Waals surface area contributed by atoms with Crippen molar-refractivity contribution in [3.63, 3.8) is 0 Å². The summed E-state index contributed by atoms with van der Waals surface area (Å²) in [5.41, 5.74) is -0.464. The summed E-state index contributed by atoms with van der Waals surface area (Å²) in [6.45, 7) is 0. The van der Waals surface area contributed by atoms with E-state index in [9.17, 15) is 22.0 Å². The Morgan fingerprint density at radius 1 is 1.30 bits per heavy atom. The van der Waals surface area contributed by atoms with Gasteiger partial charge in [-0.3, -0.25) is 0 Å². The summed E-state index contributed by atoms with van der Waals surface area (Å²) in [4.78, 5) is 4.08. The molecule has 0 saturated carbocycles. The summed E-state index contributed by atoms with van der Waals surface area (Å²) in [5, 5.41) is 0. The number of hydrogen-bond acceptors (Lipinski definition) is 3. The van der Waals surface area contributed by atoms with Crippen molar-refractivity contribution in [1.82, 2.24) is 4.98 Å². The summed E-state index contributed by atoms with van der Waals surface area (Å²) in [5.74, 6) is 0.406. The summed E-state index contributed by atoms with van der Waals surface area (Å²) in [6, 6.07) is 3.38. The van der Waals surface area contributed by atoms with Crippen LogP contribution in [0.25, 0.3) is 10.2 Å². The smallest absolute Gasteiger partial charge is 0.230 e. The van der Waals surface area contributed by atoms with Gasteiger partial charge in [0.15, 0.2) is 4.34 Å². The highest BCUT2D eigenvalue weighted by molar-refractivity contribution is 8.01.